The van der Waals surface area contributed by atoms with Crippen molar-refractivity contribution in [3.63, 3.8) is 0 Å². The predicted octanol–water partition coefficient (Wildman–Crippen LogP) is 2.28. The molecule has 94 valence electrons. The normalized spacial score (nSPS) is 18.2. The van der Waals surface area contributed by atoms with E-state index in [4.69, 9.17) is 4.65 Å². The van der Waals surface area contributed by atoms with Gasteiger partial charge in [-0.25, -0.2) is 0 Å². The van der Waals surface area contributed by atoms with Crippen molar-refractivity contribution in [2.75, 3.05) is 0 Å². The van der Waals surface area contributed by atoms with Crippen molar-refractivity contribution < 1.29 is 9.68 Å². The molecule has 1 atom stereocenters. The van der Waals surface area contributed by atoms with Gasteiger partial charge in [0.25, 0.3) is 0 Å². The number of hydrogen-bond acceptors (Lipinski definition) is 2. The molecule has 1 aromatic carbocycles. The molecule has 0 radical (unpaired) electrons. The monoisotopic (exact) mass is 242 g/mol. The standard InChI is InChI=1S/C15H19BO2/c1-4-15(2,3)11-7-10-14-12-8-5-6-9-13(12)16(17)18-14/h5-6,8-9,14,17H,4,11H2,1-3H3. The van der Waals surface area contributed by atoms with Crippen molar-refractivity contribution >= 4 is 12.6 Å². The van der Waals surface area contributed by atoms with Crippen LogP contribution < -0.4 is 5.46 Å². The van der Waals surface area contributed by atoms with Gasteiger partial charge in [0.2, 0.25) is 0 Å². The Balaban J connectivity index is 2.12. The van der Waals surface area contributed by atoms with E-state index in [0.717, 1.165) is 23.9 Å². The van der Waals surface area contributed by atoms with Gasteiger partial charge in [0, 0.05) is 6.42 Å². The number of hydrogen-bond donors (Lipinski definition) is 1. The van der Waals surface area contributed by atoms with Gasteiger partial charge in [0.05, 0.1) is 0 Å². The van der Waals surface area contributed by atoms with Crippen LogP contribution in [0.5, 0.6) is 0 Å². The van der Waals surface area contributed by atoms with Gasteiger partial charge in [-0.15, -0.1) is 0 Å². The Labute approximate surface area is 110 Å². The van der Waals surface area contributed by atoms with Crippen LogP contribution in [0.1, 0.15) is 45.3 Å². The van der Waals surface area contributed by atoms with Crippen LogP contribution in [0.15, 0.2) is 24.3 Å². The smallest absolute Gasteiger partial charge is 0.423 e. The van der Waals surface area contributed by atoms with Gasteiger partial charge in [0.15, 0.2) is 0 Å². The van der Waals surface area contributed by atoms with Gasteiger partial charge in [-0.2, -0.15) is 0 Å². The summed E-state index contributed by atoms with van der Waals surface area (Å²) in [5, 5.41) is 9.77. The van der Waals surface area contributed by atoms with Gasteiger partial charge < -0.3 is 9.68 Å². The number of benzene rings is 1. The summed E-state index contributed by atoms with van der Waals surface area (Å²) in [6, 6.07) is 7.71. The van der Waals surface area contributed by atoms with Crippen LogP contribution in [-0.2, 0) is 4.65 Å². The Morgan fingerprint density at radius 1 is 1.39 bits per heavy atom. The van der Waals surface area contributed by atoms with Crippen molar-refractivity contribution in [2.24, 2.45) is 5.41 Å². The van der Waals surface area contributed by atoms with E-state index >= 15 is 0 Å². The topological polar surface area (TPSA) is 29.5 Å². The molecule has 1 N–H and O–H groups in total. The fourth-order valence-corrected chi connectivity index (χ4v) is 1.87. The zero-order chi connectivity index (χ0) is 13.2. The largest absolute Gasteiger partial charge is 0.492 e. The molecule has 1 unspecified atom stereocenters. The highest BCUT2D eigenvalue weighted by molar-refractivity contribution is 6.61. The predicted molar refractivity (Wildman–Crippen MR) is 74.3 cm³/mol. The molecule has 1 heterocycles. The van der Waals surface area contributed by atoms with E-state index in [2.05, 4.69) is 32.6 Å². The minimum Gasteiger partial charge on any atom is -0.423 e. The van der Waals surface area contributed by atoms with E-state index in [1.54, 1.807) is 0 Å². The average molecular weight is 242 g/mol. The molecule has 0 aliphatic carbocycles. The Kier molecular flexibility index (Phi) is 3.80. The van der Waals surface area contributed by atoms with Crippen LogP contribution in [0.3, 0.4) is 0 Å². The highest BCUT2D eigenvalue weighted by atomic mass is 16.5. The zero-order valence-corrected chi connectivity index (χ0v) is 11.2. The van der Waals surface area contributed by atoms with Crippen molar-refractivity contribution in [3.8, 4) is 11.8 Å². The first-order valence-electron chi connectivity index (χ1n) is 6.44. The molecular formula is C15H19BO2. The Bertz CT molecular complexity index is 485. The van der Waals surface area contributed by atoms with Crippen molar-refractivity contribution in [2.45, 2.75) is 39.7 Å². The first kappa shape index (κ1) is 13.2. The maximum Gasteiger partial charge on any atom is 0.492 e. The summed E-state index contributed by atoms with van der Waals surface area (Å²) >= 11 is 0. The lowest BCUT2D eigenvalue weighted by molar-refractivity contribution is 0.241. The molecule has 0 fully saturated rings. The third-order valence-corrected chi connectivity index (χ3v) is 3.57. The second-order valence-corrected chi connectivity index (χ2v) is 5.51. The lowest BCUT2D eigenvalue weighted by atomic mass is 9.79. The molecule has 2 nitrogen and oxygen atoms in total. The second-order valence-electron chi connectivity index (χ2n) is 5.51. The van der Waals surface area contributed by atoms with Crippen molar-refractivity contribution in [1.29, 1.82) is 0 Å². The maximum absolute atomic E-state index is 9.77. The lowest BCUT2D eigenvalue weighted by Crippen LogP contribution is -2.27. The second kappa shape index (κ2) is 5.18. The zero-order valence-electron chi connectivity index (χ0n) is 11.2. The summed E-state index contributed by atoms with van der Waals surface area (Å²) in [5.41, 5.74) is 2.07. The van der Waals surface area contributed by atoms with E-state index in [0.29, 0.717) is 0 Å². The number of rotatable bonds is 2. The summed E-state index contributed by atoms with van der Waals surface area (Å²) in [4.78, 5) is 0. The molecule has 2 rings (SSSR count). The molecule has 0 amide bonds. The van der Waals surface area contributed by atoms with E-state index in [1.165, 1.54) is 0 Å². The summed E-state index contributed by atoms with van der Waals surface area (Å²) < 4.78 is 5.46. The van der Waals surface area contributed by atoms with Gasteiger partial charge in [0.1, 0.15) is 6.10 Å². The van der Waals surface area contributed by atoms with Gasteiger partial charge in [-0.3, -0.25) is 0 Å². The Morgan fingerprint density at radius 3 is 2.83 bits per heavy atom. The molecule has 0 saturated carbocycles. The van der Waals surface area contributed by atoms with Crippen LogP contribution in [-0.4, -0.2) is 12.1 Å². The van der Waals surface area contributed by atoms with Gasteiger partial charge in [-0.05, 0) is 16.4 Å². The quantitative estimate of drug-likeness (QED) is 0.636. The minimum absolute atomic E-state index is 0.240. The number of fused-ring (bicyclic) bond motifs is 1. The fourth-order valence-electron chi connectivity index (χ4n) is 1.87. The summed E-state index contributed by atoms with van der Waals surface area (Å²) in [5.74, 6) is 6.32. The van der Waals surface area contributed by atoms with Crippen LogP contribution in [0.2, 0.25) is 0 Å². The first-order chi connectivity index (χ1) is 8.53. The SMILES string of the molecule is CCC(C)(C)CC#CC1OB(O)c2ccccc21. The molecule has 0 spiro atoms. The third-order valence-electron chi connectivity index (χ3n) is 3.57. The Hall–Kier alpha value is -1.24. The van der Waals surface area contributed by atoms with Gasteiger partial charge >= 0.3 is 7.12 Å². The molecule has 1 aromatic rings. The van der Waals surface area contributed by atoms with Crippen LogP contribution in [0.25, 0.3) is 0 Å². The highest BCUT2D eigenvalue weighted by Crippen LogP contribution is 2.25. The molecule has 0 saturated heterocycles. The molecule has 0 bridgehead atoms. The van der Waals surface area contributed by atoms with Crippen LogP contribution >= 0.6 is 0 Å². The lowest BCUT2D eigenvalue weighted by Gasteiger charge is -2.18. The first-order valence-corrected chi connectivity index (χ1v) is 6.44. The van der Waals surface area contributed by atoms with E-state index in [-0.39, 0.29) is 11.5 Å². The Morgan fingerprint density at radius 2 is 2.11 bits per heavy atom. The summed E-state index contributed by atoms with van der Waals surface area (Å²) in [6.07, 6.45) is 1.66. The molecule has 3 heteroatoms. The third kappa shape index (κ3) is 2.77. The van der Waals surface area contributed by atoms with E-state index in [9.17, 15) is 5.02 Å². The van der Waals surface area contributed by atoms with Crippen LogP contribution in [0.4, 0.5) is 0 Å². The van der Waals surface area contributed by atoms with E-state index < -0.39 is 7.12 Å². The molecule has 0 aromatic heterocycles. The molecule has 1 aliphatic rings. The maximum atomic E-state index is 9.77. The van der Waals surface area contributed by atoms with Crippen molar-refractivity contribution in [1.82, 2.24) is 0 Å². The summed E-state index contributed by atoms with van der Waals surface area (Å²) in [6.45, 7) is 6.59. The average Bonchev–Trinajstić information content (AvgIpc) is 2.67. The van der Waals surface area contributed by atoms with Crippen molar-refractivity contribution in [3.05, 3.63) is 29.8 Å². The minimum atomic E-state index is -0.834. The summed E-state index contributed by atoms with van der Waals surface area (Å²) in [7, 11) is -0.834. The van der Waals surface area contributed by atoms with Gasteiger partial charge in [-0.1, -0.05) is 63.3 Å². The highest BCUT2D eigenvalue weighted by Gasteiger charge is 2.33. The molecule has 1 aliphatic heterocycles. The fraction of sp³-hybridized carbons (Fsp3) is 0.467. The van der Waals surface area contributed by atoms with Crippen LogP contribution in [0, 0.1) is 17.3 Å². The molecule has 18 heavy (non-hydrogen) atoms. The molecular weight excluding hydrogens is 223 g/mol. The van der Waals surface area contributed by atoms with E-state index in [1.807, 2.05) is 24.3 Å².